The van der Waals surface area contributed by atoms with Gasteiger partial charge in [-0.05, 0) is 30.7 Å². The zero-order valence-corrected chi connectivity index (χ0v) is 15.5. The minimum absolute atomic E-state index is 0.00903. The highest BCUT2D eigenvalue weighted by Crippen LogP contribution is 2.18. The smallest absolute Gasteiger partial charge is 0.351 e. The molecule has 28 heavy (non-hydrogen) atoms. The number of nitrogens with zero attached hydrogens (tertiary/aromatic N) is 3. The van der Waals surface area contributed by atoms with Crippen molar-refractivity contribution < 1.29 is 14.6 Å². The third-order valence-corrected chi connectivity index (χ3v) is 4.17. The predicted octanol–water partition coefficient (Wildman–Crippen LogP) is 1.21. The standard InChI is InChI=1S/C20H22N4O4/c1-28-17-10-8-16(9-11-17)24-20(27)23(14-18(26)21-12-5-13-25)19(22-24)15-6-3-2-4-7-15/h2-4,6-11,25H,5,12-14H2,1H3,(H,21,26). The van der Waals surface area contributed by atoms with E-state index in [1.54, 1.807) is 31.4 Å². The summed E-state index contributed by atoms with van der Waals surface area (Å²) in [4.78, 5) is 25.2. The lowest BCUT2D eigenvalue weighted by molar-refractivity contribution is -0.121. The number of nitrogens with one attached hydrogen (secondary N) is 1. The van der Waals surface area contributed by atoms with E-state index >= 15 is 0 Å². The van der Waals surface area contributed by atoms with E-state index in [0.717, 1.165) is 5.56 Å². The molecule has 1 aromatic heterocycles. The summed E-state index contributed by atoms with van der Waals surface area (Å²) in [6.45, 7) is 0.174. The van der Waals surface area contributed by atoms with Crippen LogP contribution in [0.4, 0.5) is 0 Å². The van der Waals surface area contributed by atoms with Crippen molar-refractivity contribution in [2.24, 2.45) is 0 Å². The molecule has 0 bridgehead atoms. The predicted molar refractivity (Wildman–Crippen MR) is 105 cm³/mol. The van der Waals surface area contributed by atoms with Crippen molar-refractivity contribution in [3.63, 3.8) is 0 Å². The third-order valence-electron chi connectivity index (χ3n) is 4.17. The van der Waals surface area contributed by atoms with E-state index in [2.05, 4.69) is 10.4 Å². The van der Waals surface area contributed by atoms with E-state index in [1.165, 1.54) is 9.25 Å². The summed E-state index contributed by atoms with van der Waals surface area (Å²) < 4.78 is 7.76. The first-order chi connectivity index (χ1) is 13.6. The molecule has 0 saturated heterocycles. The second-order valence-corrected chi connectivity index (χ2v) is 6.10. The Kier molecular flexibility index (Phi) is 6.23. The molecule has 2 N–H and O–H groups in total. The summed E-state index contributed by atoms with van der Waals surface area (Å²) in [7, 11) is 1.57. The van der Waals surface area contributed by atoms with Gasteiger partial charge in [0.1, 0.15) is 12.3 Å². The van der Waals surface area contributed by atoms with Crippen molar-refractivity contribution in [1.82, 2.24) is 19.7 Å². The van der Waals surface area contributed by atoms with Gasteiger partial charge in [0.2, 0.25) is 5.91 Å². The van der Waals surface area contributed by atoms with Crippen LogP contribution in [-0.2, 0) is 11.3 Å². The van der Waals surface area contributed by atoms with Crippen LogP contribution in [0.3, 0.4) is 0 Å². The number of benzene rings is 2. The average molecular weight is 382 g/mol. The molecule has 0 saturated carbocycles. The Morgan fingerprint density at radius 2 is 1.86 bits per heavy atom. The Labute approximate surface area is 162 Å². The highest BCUT2D eigenvalue weighted by molar-refractivity contribution is 5.76. The maximum Gasteiger partial charge on any atom is 0.351 e. The van der Waals surface area contributed by atoms with Crippen molar-refractivity contribution in [3.05, 3.63) is 65.1 Å². The van der Waals surface area contributed by atoms with E-state index < -0.39 is 5.69 Å². The van der Waals surface area contributed by atoms with Crippen LogP contribution in [0.25, 0.3) is 17.1 Å². The highest BCUT2D eigenvalue weighted by Gasteiger charge is 2.18. The number of ether oxygens (including phenoxy) is 1. The van der Waals surface area contributed by atoms with Gasteiger partial charge in [-0.1, -0.05) is 30.3 Å². The van der Waals surface area contributed by atoms with E-state index in [0.29, 0.717) is 30.2 Å². The molecule has 1 amide bonds. The summed E-state index contributed by atoms with van der Waals surface area (Å²) in [6.07, 6.45) is 0.456. The van der Waals surface area contributed by atoms with Crippen LogP contribution < -0.4 is 15.7 Å². The van der Waals surface area contributed by atoms with Crippen LogP contribution >= 0.6 is 0 Å². The molecule has 3 rings (SSSR count). The number of methoxy groups -OCH3 is 1. The number of aliphatic hydroxyl groups is 1. The second-order valence-electron chi connectivity index (χ2n) is 6.10. The summed E-state index contributed by atoms with van der Waals surface area (Å²) in [5.74, 6) is 0.753. The molecule has 3 aromatic rings. The lowest BCUT2D eigenvalue weighted by Gasteiger charge is -2.06. The van der Waals surface area contributed by atoms with E-state index in [9.17, 15) is 9.59 Å². The van der Waals surface area contributed by atoms with Gasteiger partial charge in [-0.25, -0.2) is 4.79 Å². The topological polar surface area (TPSA) is 98.4 Å². The molecular weight excluding hydrogens is 360 g/mol. The molecule has 1 heterocycles. The fourth-order valence-corrected chi connectivity index (χ4v) is 2.74. The van der Waals surface area contributed by atoms with Gasteiger partial charge in [-0.15, -0.1) is 5.10 Å². The quantitative estimate of drug-likeness (QED) is 0.571. The van der Waals surface area contributed by atoms with Gasteiger partial charge >= 0.3 is 5.69 Å². The van der Waals surface area contributed by atoms with E-state index in [-0.39, 0.29) is 19.1 Å². The number of aromatic nitrogens is 3. The maximum absolute atomic E-state index is 13.0. The molecule has 0 radical (unpaired) electrons. The largest absolute Gasteiger partial charge is 0.497 e. The summed E-state index contributed by atoms with van der Waals surface area (Å²) in [6, 6.07) is 16.2. The van der Waals surface area contributed by atoms with Crippen molar-refractivity contribution in [1.29, 1.82) is 0 Å². The Balaban J connectivity index is 1.99. The minimum atomic E-state index is -0.415. The van der Waals surface area contributed by atoms with E-state index in [4.69, 9.17) is 9.84 Å². The maximum atomic E-state index is 13.0. The fourth-order valence-electron chi connectivity index (χ4n) is 2.74. The fraction of sp³-hybridized carbons (Fsp3) is 0.250. The van der Waals surface area contributed by atoms with Crippen LogP contribution in [0.15, 0.2) is 59.4 Å². The number of hydrogen-bond acceptors (Lipinski definition) is 5. The Bertz CT molecular complexity index is 978. The number of rotatable bonds is 8. The third kappa shape index (κ3) is 4.29. The number of carbonyl (C=O) groups is 1. The number of aliphatic hydroxyl groups excluding tert-OH is 1. The number of amides is 1. The van der Waals surface area contributed by atoms with Gasteiger partial charge in [0.25, 0.3) is 0 Å². The van der Waals surface area contributed by atoms with Crippen LogP contribution in [-0.4, -0.2) is 45.6 Å². The molecule has 8 nitrogen and oxygen atoms in total. The van der Waals surface area contributed by atoms with E-state index in [1.807, 2.05) is 30.3 Å². The molecular formula is C20H22N4O4. The molecule has 0 aliphatic heterocycles. The van der Waals surface area contributed by atoms with Crippen LogP contribution in [0, 0.1) is 0 Å². The molecule has 0 fully saturated rings. The number of carbonyl (C=O) groups excluding carboxylic acids is 1. The van der Waals surface area contributed by atoms with Gasteiger partial charge in [0.15, 0.2) is 5.82 Å². The molecule has 146 valence electrons. The Hall–Kier alpha value is -3.39. The molecule has 2 aromatic carbocycles. The minimum Gasteiger partial charge on any atom is -0.497 e. The molecule has 0 atom stereocenters. The molecule has 0 aliphatic rings. The first-order valence-corrected chi connectivity index (χ1v) is 8.91. The van der Waals surface area contributed by atoms with Gasteiger partial charge < -0.3 is 15.2 Å². The monoisotopic (exact) mass is 382 g/mol. The molecule has 8 heteroatoms. The Morgan fingerprint density at radius 3 is 2.50 bits per heavy atom. The van der Waals surface area contributed by atoms with Gasteiger partial charge in [-0.2, -0.15) is 4.68 Å². The summed E-state index contributed by atoms with van der Waals surface area (Å²) >= 11 is 0. The van der Waals surface area contributed by atoms with Crippen LogP contribution in [0.2, 0.25) is 0 Å². The van der Waals surface area contributed by atoms with Crippen molar-refractivity contribution in [2.45, 2.75) is 13.0 Å². The zero-order chi connectivity index (χ0) is 19.9. The highest BCUT2D eigenvalue weighted by atomic mass is 16.5. The number of hydrogen-bond donors (Lipinski definition) is 2. The zero-order valence-electron chi connectivity index (χ0n) is 15.5. The van der Waals surface area contributed by atoms with Crippen LogP contribution in [0.5, 0.6) is 5.75 Å². The van der Waals surface area contributed by atoms with Gasteiger partial charge in [0.05, 0.1) is 12.8 Å². The first-order valence-electron chi connectivity index (χ1n) is 8.91. The average Bonchev–Trinajstić information content (AvgIpc) is 3.05. The lowest BCUT2D eigenvalue weighted by Crippen LogP contribution is -2.33. The van der Waals surface area contributed by atoms with Crippen molar-refractivity contribution >= 4 is 5.91 Å². The molecule has 0 spiro atoms. The lowest BCUT2D eigenvalue weighted by atomic mass is 10.2. The van der Waals surface area contributed by atoms with Crippen molar-refractivity contribution in [3.8, 4) is 22.8 Å². The summed E-state index contributed by atoms with van der Waals surface area (Å²) in [5, 5.41) is 16.0. The molecule has 0 aliphatic carbocycles. The first kappa shape index (κ1) is 19.4. The molecule has 0 unspecified atom stereocenters. The Morgan fingerprint density at radius 1 is 1.14 bits per heavy atom. The SMILES string of the molecule is COc1ccc(-n2nc(-c3ccccc3)n(CC(=O)NCCCO)c2=O)cc1. The summed E-state index contributed by atoms with van der Waals surface area (Å²) in [5.41, 5.74) is 0.888. The van der Waals surface area contributed by atoms with Gasteiger partial charge in [0, 0.05) is 18.7 Å². The normalized spacial score (nSPS) is 10.6. The second kappa shape index (κ2) is 9.01. The van der Waals surface area contributed by atoms with Gasteiger partial charge in [-0.3, -0.25) is 9.36 Å². The van der Waals surface area contributed by atoms with Crippen molar-refractivity contribution in [2.75, 3.05) is 20.3 Å². The van der Waals surface area contributed by atoms with Crippen LogP contribution in [0.1, 0.15) is 6.42 Å².